The third-order valence-corrected chi connectivity index (χ3v) is 3.52. The summed E-state index contributed by atoms with van der Waals surface area (Å²) in [4.78, 5) is 24.9. The first-order chi connectivity index (χ1) is 9.49. The van der Waals surface area contributed by atoms with Crippen molar-refractivity contribution in [2.45, 2.75) is 12.8 Å². The molecule has 0 radical (unpaired) electrons. The molecular weight excluding hydrogens is 282 g/mol. The van der Waals surface area contributed by atoms with Gasteiger partial charge >= 0.3 is 5.97 Å². The van der Waals surface area contributed by atoms with E-state index in [2.05, 4.69) is 5.32 Å². The van der Waals surface area contributed by atoms with Crippen molar-refractivity contribution in [1.29, 1.82) is 0 Å². The Morgan fingerprint density at radius 1 is 1.35 bits per heavy atom. The van der Waals surface area contributed by atoms with Crippen molar-refractivity contribution in [3.05, 3.63) is 22.7 Å². The van der Waals surface area contributed by atoms with Crippen LogP contribution in [0.25, 0.3) is 0 Å². The van der Waals surface area contributed by atoms with Crippen LogP contribution in [0.2, 0.25) is 5.02 Å². The molecule has 20 heavy (non-hydrogen) atoms. The zero-order valence-electron chi connectivity index (χ0n) is 10.9. The van der Waals surface area contributed by atoms with Gasteiger partial charge in [-0.3, -0.25) is 4.79 Å². The molecule has 6 nitrogen and oxygen atoms in total. The van der Waals surface area contributed by atoms with Crippen molar-refractivity contribution < 1.29 is 14.7 Å². The number of hydrogen-bond acceptors (Lipinski definition) is 4. The summed E-state index contributed by atoms with van der Waals surface area (Å²) in [7, 11) is 0. The summed E-state index contributed by atoms with van der Waals surface area (Å²) in [5.74, 6) is -1.21. The van der Waals surface area contributed by atoms with E-state index in [0.717, 1.165) is 25.9 Å². The van der Waals surface area contributed by atoms with E-state index in [1.54, 1.807) is 4.90 Å². The molecule has 0 atom stereocenters. The molecule has 1 heterocycles. The minimum absolute atomic E-state index is 0.0178. The molecule has 1 aromatic rings. The Morgan fingerprint density at radius 2 is 2.00 bits per heavy atom. The highest BCUT2D eigenvalue weighted by Crippen LogP contribution is 2.29. The Morgan fingerprint density at radius 3 is 2.60 bits per heavy atom. The number of carboxylic acid groups (broad SMARTS) is 1. The molecule has 4 N–H and O–H groups in total. The van der Waals surface area contributed by atoms with Gasteiger partial charge in [-0.1, -0.05) is 11.6 Å². The number of halogens is 1. The maximum Gasteiger partial charge on any atom is 0.337 e. The molecule has 0 bridgehead atoms. The van der Waals surface area contributed by atoms with Crippen LogP contribution in [0.15, 0.2) is 12.1 Å². The number of carbonyl (C=O) groups is 2. The number of benzene rings is 1. The Hall–Kier alpha value is -1.95. The lowest BCUT2D eigenvalue weighted by Gasteiger charge is -2.17. The van der Waals surface area contributed by atoms with E-state index in [-0.39, 0.29) is 34.4 Å². The number of aromatic carboxylic acids is 1. The van der Waals surface area contributed by atoms with Crippen LogP contribution in [0.3, 0.4) is 0 Å². The van der Waals surface area contributed by atoms with E-state index in [4.69, 9.17) is 22.4 Å². The second kappa shape index (κ2) is 6.00. The summed E-state index contributed by atoms with van der Waals surface area (Å²) in [5.41, 5.74) is 6.02. The van der Waals surface area contributed by atoms with E-state index in [1.807, 2.05) is 0 Å². The normalized spacial score (nSPS) is 14.3. The van der Waals surface area contributed by atoms with Gasteiger partial charge in [0.2, 0.25) is 5.91 Å². The lowest BCUT2D eigenvalue weighted by Crippen LogP contribution is -2.33. The standard InChI is InChI=1S/C13H16ClN3O3/c14-10-6-8(15)5-9(13(19)20)12(10)16-7-11(18)17-3-1-2-4-17/h5-6,16H,1-4,7,15H2,(H,19,20). The van der Waals surface area contributed by atoms with Crippen LogP contribution in [0.5, 0.6) is 0 Å². The number of likely N-dealkylation sites (tertiary alicyclic amines) is 1. The fourth-order valence-electron chi connectivity index (χ4n) is 2.22. The number of hydrogen-bond donors (Lipinski definition) is 3. The number of nitrogens with zero attached hydrogens (tertiary/aromatic N) is 1. The molecule has 1 aliphatic heterocycles. The largest absolute Gasteiger partial charge is 0.478 e. The molecule has 1 fully saturated rings. The first kappa shape index (κ1) is 14.5. The van der Waals surface area contributed by atoms with Crippen LogP contribution in [0.1, 0.15) is 23.2 Å². The summed E-state index contributed by atoms with van der Waals surface area (Å²) in [6.07, 6.45) is 2.02. The van der Waals surface area contributed by atoms with Gasteiger partial charge in [-0.25, -0.2) is 4.79 Å². The van der Waals surface area contributed by atoms with Gasteiger partial charge in [0.1, 0.15) is 0 Å². The average Bonchev–Trinajstić information content (AvgIpc) is 2.90. The van der Waals surface area contributed by atoms with Gasteiger partial charge in [0, 0.05) is 18.8 Å². The van der Waals surface area contributed by atoms with Gasteiger partial charge in [-0.15, -0.1) is 0 Å². The van der Waals surface area contributed by atoms with Crippen molar-refractivity contribution in [2.75, 3.05) is 30.7 Å². The number of rotatable bonds is 4. The molecule has 0 aromatic heterocycles. The fraction of sp³-hybridized carbons (Fsp3) is 0.385. The summed E-state index contributed by atoms with van der Waals surface area (Å²) in [6.45, 7) is 1.52. The third-order valence-electron chi connectivity index (χ3n) is 3.22. The summed E-state index contributed by atoms with van der Waals surface area (Å²) in [5, 5.41) is 12.1. The van der Waals surface area contributed by atoms with Gasteiger partial charge in [0.15, 0.2) is 0 Å². The first-order valence-corrected chi connectivity index (χ1v) is 6.71. The van der Waals surface area contributed by atoms with Gasteiger partial charge in [0.25, 0.3) is 0 Å². The quantitative estimate of drug-likeness (QED) is 0.735. The molecule has 7 heteroatoms. The minimum Gasteiger partial charge on any atom is -0.478 e. The number of carbonyl (C=O) groups excluding carboxylic acids is 1. The van der Waals surface area contributed by atoms with Crippen molar-refractivity contribution in [3.8, 4) is 0 Å². The van der Waals surface area contributed by atoms with Crippen LogP contribution in [0, 0.1) is 0 Å². The maximum atomic E-state index is 11.9. The van der Waals surface area contributed by atoms with Crippen LogP contribution in [0.4, 0.5) is 11.4 Å². The van der Waals surface area contributed by atoms with Crippen molar-refractivity contribution in [3.63, 3.8) is 0 Å². The first-order valence-electron chi connectivity index (χ1n) is 6.33. The Labute approximate surface area is 121 Å². The van der Waals surface area contributed by atoms with E-state index in [0.29, 0.717) is 0 Å². The highest BCUT2D eigenvalue weighted by atomic mass is 35.5. The highest BCUT2D eigenvalue weighted by Gasteiger charge is 2.20. The molecule has 0 aliphatic carbocycles. The lowest BCUT2D eigenvalue weighted by molar-refractivity contribution is -0.128. The van der Waals surface area contributed by atoms with Gasteiger partial charge < -0.3 is 21.1 Å². The smallest absolute Gasteiger partial charge is 0.337 e. The molecule has 0 unspecified atom stereocenters. The van der Waals surface area contributed by atoms with E-state index in [9.17, 15) is 9.59 Å². The minimum atomic E-state index is -1.14. The predicted molar refractivity (Wildman–Crippen MR) is 77.1 cm³/mol. The molecular formula is C13H16ClN3O3. The monoisotopic (exact) mass is 297 g/mol. The Kier molecular flexibility index (Phi) is 4.34. The molecule has 108 valence electrons. The second-order valence-electron chi connectivity index (χ2n) is 4.67. The molecule has 1 aliphatic rings. The van der Waals surface area contributed by atoms with Crippen LogP contribution in [-0.2, 0) is 4.79 Å². The van der Waals surface area contributed by atoms with E-state index < -0.39 is 5.97 Å². The van der Waals surface area contributed by atoms with Gasteiger partial charge in [-0.05, 0) is 25.0 Å². The van der Waals surface area contributed by atoms with Crippen LogP contribution in [-0.4, -0.2) is 41.5 Å². The number of carboxylic acids is 1. The maximum absolute atomic E-state index is 11.9. The Balaban J connectivity index is 2.12. The summed E-state index contributed by atoms with van der Waals surface area (Å²) in [6, 6.07) is 2.77. The lowest BCUT2D eigenvalue weighted by atomic mass is 10.1. The zero-order chi connectivity index (χ0) is 14.7. The molecule has 1 amide bonds. The molecule has 0 spiro atoms. The SMILES string of the molecule is Nc1cc(Cl)c(NCC(=O)N2CCCC2)c(C(=O)O)c1. The van der Waals surface area contributed by atoms with Crippen molar-refractivity contribution >= 4 is 34.9 Å². The van der Waals surface area contributed by atoms with Crippen molar-refractivity contribution in [1.82, 2.24) is 4.90 Å². The molecule has 1 saturated heterocycles. The van der Waals surface area contributed by atoms with E-state index >= 15 is 0 Å². The topological polar surface area (TPSA) is 95.7 Å². The molecule has 2 rings (SSSR count). The number of nitrogens with one attached hydrogen (secondary N) is 1. The van der Waals surface area contributed by atoms with Gasteiger partial charge in [0.05, 0.1) is 22.8 Å². The van der Waals surface area contributed by atoms with Crippen LogP contribution >= 0.6 is 11.6 Å². The number of amides is 1. The van der Waals surface area contributed by atoms with Crippen molar-refractivity contribution in [2.24, 2.45) is 0 Å². The number of nitrogen functional groups attached to an aromatic ring is 1. The zero-order valence-corrected chi connectivity index (χ0v) is 11.6. The van der Waals surface area contributed by atoms with E-state index in [1.165, 1.54) is 12.1 Å². The average molecular weight is 298 g/mol. The summed E-state index contributed by atoms with van der Waals surface area (Å²) < 4.78 is 0. The fourth-order valence-corrected chi connectivity index (χ4v) is 2.51. The predicted octanol–water partition coefficient (Wildman–Crippen LogP) is 1.65. The molecule has 1 aromatic carbocycles. The third kappa shape index (κ3) is 3.14. The Bertz CT molecular complexity index is 542. The highest BCUT2D eigenvalue weighted by molar-refractivity contribution is 6.34. The van der Waals surface area contributed by atoms with Crippen LogP contribution < -0.4 is 11.1 Å². The summed E-state index contributed by atoms with van der Waals surface area (Å²) >= 11 is 5.99. The number of nitrogens with two attached hydrogens (primary N) is 1. The van der Waals surface area contributed by atoms with Gasteiger partial charge in [-0.2, -0.15) is 0 Å². The second-order valence-corrected chi connectivity index (χ2v) is 5.08. The number of anilines is 2. The molecule has 0 saturated carbocycles.